The average molecular weight is 324 g/mol. The Bertz CT molecular complexity index is 922. The Morgan fingerprint density at radius 3 is 2.79 bits per heavy atom. The number of fused-ring (bicyclic) bond motifs is 1. The van der Waals surface area contributed by atoms with Crippen molar-refractivity contribution in [2.24, 2.45) is 0 Å². The van der Waals surface area contributed by atoms with E-state index in [1.54, 1.807) is 10.6 Å². The molecule has 2 aromatic heterocycles. The van der Waals surface area contributed by atoms with Crippen LogP contribution in [0.25, 0.3) is 10.9 Å². The molecule has 1 saturated carbocycles. The Hall–Kier alpha value is -2.50. The van der Waals surface area contributed by atoms with Gasteiger partial charge in [0.25, 0.3) is 5.56 Å². The monoisotopic (exact) mass is 324 g/mol. The first-order valence-corrected chi connectivity index (χ1v) is 8.51. The van der Waals surface area contributed by atoms with E-state index in [9.17, 15) is 4.79 Å². The number of hydrogen-bond donors (Lipinski definition) is 0. The van der Waals surface area contributed by atoms with Gasteiger partial charge in [-0.05, 0) is 31.9 Å². The van der Waals surface area contributed by atoms with Gasteiger partial charge in [-0.2, -0.15) is 4.98 Å². The minimum absolute atomic E-state index is 0.0675. The fourth-order valence-electron chi connectivity index (χ4n) is 3.45. The van der Waals surface area contributed by atoms with Crippen molar-refractivity contribution in [1.29, 1.82) is 0 Å². The first-order valence-electron chi connectivity index (χ1n) is 8.51. The smallest absolute Gasteiger partial charge is 0.261 e. The van der Waals surface area contributed by atoms with Crippen LogP contribution in [0.15, 0.2) is 33.6 Å². The molecule has 0 spiro atoms. The van der Waals surface area contributed by atoms with Gasteiger partial charge >= 0.3 is 0 Å². The lowest BCUT2D eigenvalue weighted by Crippen LogP contribution is -2.25. The van der Waals surface area contributed by atoms with Crippen LogP contribution in [0.5, 0.6) is 0 Å². The van der Waals surface area contributed by atoms with E-state index >= 15 is 0 Å². The van der Waals surface area contributed by atoms with E-state index in [2.05, 4.69) is 15.1 Å². The van der Waals surface area contributed by atoms with Crippen LogP contribution in [0.4, 0.5) is 0 Å². The first kappa shape index (κ1) is 15.1. The van der Waals surface area contributed by atoms with Gasteiger partial charge in [0.2, 0.25) is 5.89 Å². The molecule has 1 aliphatic rings. The van der Waals surface area contributed by atoms with E-state index in [-0.39, 0.29) is 5.56 Å². The molecule has 0 atom stereocenters. The van der Waals surface area contributed by atoms with Crippen LogP contribution >= 0.6 is 0 Å². The molecule has 2 heterocycles. The fraction of sp³-hybridized carbons (Fsp3) is 0.444. The third kappa shape index (κ3) is 2.72. The molecule has 0 N–H and O–H groups in total. The average Bonchev–Trinajstić information content (AvgIpc) is 3.08. The van der Waals surface area contributed by atoms with Gasteiger partial charge in [0.1, 0.15) is 5.82 Å². The minimum Gasteiger partial charge on any atom is -0.339 e. The molecule has 0 aliphatic heterocycles. The van der Waals surface area contributed by atoms with Crippen LogP contribution in [0, 0.1) is 6.92 Å². The summed E-state index contributed by atoms with van der Waals surface area (Å²) in [7, 11) is 0. The second-order valence-electron chi connectivity index (χ2n) is 6.45. The number of aryl methyl sites for hydroxylation is 1. The Morgan fingerprint density at radius 1 is 1.17 bits per heavy atom. The highest BCUT2D eigenvalue weighted by Gasteiger charge is 2.22. The Morgan fingerprint density at radius 2 is 1.96 bits per heavy atom. The number of rotatable bonds is 3. The summed E-state index contributed by atoms with van der Waals surface area (Å²) in [4.78, 5) is 21.7. The van der Waals surface area contributed by atoms with Crippen LogP contribution < -0.4 is 5.56 Å². The molecule has 0 saturated heterocycles. The van der Waals surface area contributed by atoms with E-state index < -0.39 is 0 Å². The highest BCUT2D eigenvalue weighted by atomic mass is 16.5. The van der Waals surface area contributed by atoms with E-state index in [1.807, 2.05) is 25.1 Å². The molecule has 4 rings (SSSR count). The molecular weight excluding hydrogens is 304 g/mol. The number of nitrogens with zero attached hydrogens (tertiary/aromatic N) is 4. The number of benzene rings is 1. The molecule has 124 valence electrons. The summed E-state index contributed by atoms with van der Waals surface area (Å²) in [5.74, 6) is 2.28. The van der Waals surface area contributed by atoms with Crippen molar-refractivity contribution in [2.45, 2.75) is 51.5 Å². The second kappa shape index (κ2) is 6.19. The number of aromatic nitrogens is 4. The molecular formula is C18H20N4O2. The summed E-state index contributed by atoms with van der Waals surface area (Å²) >= 11 is 0. The highest BCUT2D eigenvalue weighted by molar-refractivity contribution is 5.77. The molecule has 0 radical (unpaired) electrons. The number of hydrogen-bond acceptors (Lipinski definition) is 5. The van der Waals surface area contributed by atoms with Gasteiger partial charge in [-0.25, -0.2) is 4.98 Å². The standard InChI is InChI=1S/C18H20N4O2/c1-12-19-15-10-6-5-9-14(15)18(23)22(12)11-16-20-17(24-21-16)13-7-3-2-4-8-13/h5-6,9-10,13H,2-4,7-8,11H2,1H3. The minimum atomic E-state index is -0.0675. The van der Waals surface area contributed by atoms with Crippen molar-refractivity contribution in [1.82, 2.24) is 19.7 Å². The van der Waals surface area contributed by atoms with Gasteiger partial charge < -0.3 is 4.52 Å². The van der Waals surface area contributed by atoms with Gasteiger partial charge in [0.05, 0.1) is 17.4 Å². The maximum absolute atomic E-state index is 12.7. The molecule has 1 fully saturated rings. The van der Waals surface area contributed by atoms with Gasteiger partial charge in [-0.15, -0.1) is 0 Å². The Balaban J connectivity index is 1.65. The SMILES string of the molecule is Cc1nc2ccccc2c(=O)n1Cc1noc(C2CCCCC2)n1. The van der Waals surface area contributed by atoms with E-state index in [0.29, 0.717) is 40.9 Å². The van der Waals surface area contributed by atoms with Crippen LogP contribution in [0.1, 0.15) is 55.6 Å². The van der Waals surface area contributed by atoms with Crippen LogP contribution in [0.3, 0.4) is 0 Å². The Labute approximate surface area is 139 Å². The summed E-state index contributed by atoms with van der Waals surface area (Å²) in [6, 6.07) is 7.38. The highest BCUT2D eigenvalue weighted by Crippen LogP contribution is 2.31. The third-order valence-corrected chi connectivity index (χ3v) is 4.79. The zero-order valence-corrected chi connectivity index (χ0v) is 13.7. The maximum atomic E-state index is 12.7. The molecule has 0 amide bonds. The topological polar surface area (TPSA) is 73.8 Å². The van der Waals surface area contributed by atoms with E-state index in [0.717, 1.165) is 12.8 Å². The molecule has 24 heavy (non-hydrogen) atoms. The summed E-state index contributed by atoms with van der Waals surface area (Å²) < 4.78 is 7.06. The fourth-order valence-corrected chi connectivity index (χ4v) is 3.45. The summed E-state index contributed by atoms with van der Waals surface area (Å²) in [6.07, 6.45) is 5.94. The van der Waals surface area contributed by atoms with Crippen molar-refractivity contribution >= 4 is 10.9 Å². The molecule has 3 aromatic rings. The van der Waals surface area contributed by atoms with Crippen LogP contribution in [-0.4, -0.2) is 19.7 Å². The maximum Gasteiger partial charge on any atom is 0.261 e. The zero-order valence-electron chi connectivity index (χ0n) is 13.7. The normalized spacial score (nSPS) is 15.9. The van der Waals surface area contributed by atoms with Gasteiger partial charge in [0.15, 0.2) is 5.82 Å². The second-order valence-corrected chi connectivity index (χ2v) is 6.45. The lowest BCUT2D eigenvalue weighted by molar-refractivity contribution is 0.311. The van der Waals surface area contributed by atoms with Crippen LogP contribution in [-0.2, 0) is 6.54 Å². The summed E-state index contributed by atoms with van der Waals surface area (Å²) in [6.45, 7) is 2.12. The third-order valence-electron chi connectivity index (χ3n) is 4.79. The van der Waals surface area contributed by atoms with E-state index in [4.69, 9.17) is 4.52 Å². The first-order chi connectivity index (χ1) is 11.7. The number of para-hydroxylation sites is 1. The summed E-state index contributed by atoms with van der Waals surface area (Å²) in [5, 5.41) is 4.69. The summed E-state index contributed by atoms with van der Waals surface area (Å²) in [5.41, 5.74) is 0.648. The van der Waals surface area contributed by atoms with Gasteiger partial charge in [0, 0.05) is 5.92 Å². The van der Waals surface area contributed by atoms with E-state index in [1.165, 1.54) is 19.3 Å². The van der Waals surface area contributed by atoms with Crippen molar-refractivity contribution in [2.75, 3.05) is 0 Å². The largest absolute Gasteiger partial charge is 0.339 e. The lowest BCUT2D eigenvalue weighted by atomic mass is 9.89. The zero-order chi connectivity index (χ0) is 16.5. The molecule has 1 aromatic carbocycles. The van der Waals surface area contributed by atoms with Crippen molar-refractivity contribution in [3.63, 3.8) is 0 Å². The molecule has 1 aliphatic carbocycles. The van der Waals surface area contributed by atoms with Crippen molar-refractivity contribution in [3.05, 3.63) is 52.2 Å². The van der Waals surface area contributed by atoms with Gasteiger partial charge in [-0.3, -0.25) is 9.36 Å². The Kier molecular flexibility index (Phi) is 3.88. The van der Waals surface area contributed by atoms with Crippen molar-refractivity contribution < 1.29 is 4.52 Å². The molecule has 0 bridgehead atoms. The molecule has 6 heteroatoms. The van der Waals surface area contributed by atoms with Crippen LogP contribution in [0.2, 0.25) is 0 Å². The van der Waals surface area contributed by atoms with Crippen molar-refractivity contribution in [3.8, 4) is 0 Å². The molecule has 0 unspecified atom stereocenters. The van der Waals surface area contributed by atoms with Gasteiger partial charge in [-0.1, -0.05) is 36.6 Å². The molecule has 6 nitrogen and oxygen atoms in total. The predicted octanol–water partition coefficient (Wildman–Crippen LogP) is 3.18. The predicted molar refractivity (Wildman–Crippen MR) is 90.0 cm³/mol. The quantitative estimate of drug-likeness (QED) is 0.740. The lowest BCUT2D eigenvalue weighted by Gasteiger charge is -2.17.